The van der Waals surface area contributed by atoms with Gasteiger partial charge in [0, 0.05) is 0 Å². The maximum atomic E-state index is 9.74. The summed E-state index contributed by atoms with van der Waals surface area (Å²) in [7, 11) is -4.16. The first-order valence-corrected chi connectivity index (χ1v) is 4.96. The van der Waals surface area contributed by atoms with Crippen LogP contribution in [-0.2, 0) is 14.6 Å². The van der Waals surface area contributed by atoms with Gasteiger partial charge in [-0.25, -0.2) is 0 Å². The van der Waals surface area contributed by atoms with Crippen molar-refractivity contribution in [2.75, 3.05) is 6.61 Å². The second-order valence-electron chi connectivity index (χ2n) is 1.25. The van der Waals surface area contributed by atoms with Gasteiger partial charge in [-0.1, -0.05) is 0 Å². The zero-order valence-corrected chi connectivity index (χ0v) is 7.31. The molecule has 6 heteroatoms. The van der Waals surface area contributed by atoms with Crippen molar-refractivity contribution in [3.63, 3.8) is 0 Å². The normalized spacial score (nSPS) is 11.9. The van der Waals surface area contributed by atoms with Crippen molar-refractivity contribution in [2.24, 2.45) is 0 Å². The molecule has 0 aromatic rings. The molecular formula is C2H5NaO4S. The molecule has 0 rings (SSSR count). The minimum atomic E-state index is -4.16. The molecule has 8 heavy (non-hydrogen) atoms. The second kappa shape index (κ2) is 3.81. The average molecular weight is 148 g/mol. The molecule has 0 atom stereocenters. The Labute approximate surface area is 65.6 Å². The van der Waals surface area contributed by atoms with Crippen LogP contribution >= 0.6 is 0 Å². The monoisotopic (exact) mass is 148 g/mol. The zero-order chi connectivity index (χ0) is 6.62. The number of rotatable bonds is 3. The second-order valence-corrected chi connectivity index (χ2v) is 3.34. The van der Waals surface area contributed by atoms with Gasteiger partial charge in [0.2, 0.25) is 0 Å². The van der Waals surface area contributed by atoms with Gasteiger partial charge in [-0.15, -0.1) is 0 Å². The Balaban J connectivity index is 3.42. The van der Waals surface area contributed by atoms with Crippen LogP contribution in [0.3, 0.4) is 0 Å². The van der Waals surface area contributed by atoms with E-state index in [0.29, 0.717) is 3.67 Å². The van der Waals surface area contributed by atoms with E-state index < -0.39 is 10.4 Å². The zero-order valence-electron chi connectivity index (χ0n) is 4.49. The first-order chi connectivity index (χ1) is 3.56. The SMILES string of the molecule is O=S(=O)(O)OC[CH2][Na]. The Morgan fingerprint density at radius 1 is 1.62 bits per heavy atom. The van der Waals surface area contributed by atoms with Gasteiger partial charge < -0.3 is 0 Å². The van der Waals surface area contributed by atoms with Gasteiger partial charge in [0.1, 0.15) is 0 Å². The van der Waals surface area contributed by atoms with E-state index >= 15 is 0 Å². The van der Waals surface area contributed by atoms with Crippen LogP contribution in [0, 0.1) is 0 Å². The van der Waals surface area contributed by atoms with Crippen LogP contribution in [0.15, 0.2) is 0 Å². The van der Waals surface area contributed by atoms with Crippen LogP contribution in [0.5, 0.6) is 0 Å². The molecule has 0 radical (unpaired) electrons. The van der Waals surface area contributed by atoms with E-state index in [9.17, 15) is 8.42 Å². The van der Waals surface area contributed by atoms with E-state index in [4.69, 9.17) is 4.55 Å². The van der Waals surface area contributed by atoms with Crippen molar-refractivity contribution in [3.05, 3.63) is 0 Å². The minimum absolute atomic E-state index is 0.102. The van der Waals surface area contributed by atoms with E-state index in [0.717, 1.165) is 27.9 Å². The van der Waals surface area contributed by atoms with Crippen molar-refractivity contribution in [2.45, 2.75) is 3.67 Å². The van der Waals surface area contributed by atoms with Crippen LogP contribution < -0.4 is 0 Å². The van der Waals surface area contributed by atoms with Gasteiger partial charge in [-0.3, -0.25) is 0 Å². The van der Waals surface area contributed by atoms with Gasteiger partial charge in [0.15, 0.2) is 0 Å². The molecule has 0 bridgehead atoms. The standard InChI is InChI=1S/C2H5O4S.Na/c1-2-6-7(3,4)5;/h1-2H2,(H,3,4,5);. The van der Waals surface area contributed by atoms with Gasteiger partial charge in [-0.2, -0.15) is 0 Å². The maximum absolute atomic E-state index is 9.74. The molecule has 1 N–H and O–H groups in total. The molecular weight excluding hydrogens is 143 g/mol. The first-order valence-electron chi connectivity index (χ1n) is 2.18. The summed E-state index contributed by atoms with van der Waals surface area (Å²) < 4.78 is 32.0. The fourth-order valence-electron chi connectivity index (χ4n) is 0.189. The molecule has 0 heterocycles. The molecule has 0 saturated heterocycles. The van der Waals surface area contributed by atoms with Crippen molar-refractivity contribution in [1.29, 1.82) is 0 Å². The summed E-state index contributed by atoms with van der Waals surface area (Å²) >= 11 is 0.882. The Bertz CT molecular complexity index is 138. The van der Waals surface area contributed by atoms with Crippen molar-refractivity contribution in [1.82, 2.24) is 0 Å². The first kappa shape index (κ1) is 8.87. The predicted octanol–water partition coefficient (Wildman–Crippen LogP) is -0.607. The molecule has 0 fully saturated rings. The molecule has 0 aliphatic heterocycles. The van der Waals surface area contributed by atoms with Crippen LogP contribution in [0.1, 0.15) is 0 Å². The predicted molar refractivity (Wildman–Crippen MR) is 28.1 cm³/mol. The van der Waals surface area contributed by atoms with E-state index in [-0.39, 0.29) is 6.61 Å². The van der Waals surface area contributed by atoms with Gasteiger partial charge in [-0.05, 0) is 0 Å². The van der Waals surface area contributed by atoms with E-state index in [2.05, 4.69) is 4.18 Å². The van der Waals surface area contributed by atoms with E-state index in [1.165, 1.54) is 0 Å². The Morgan fingerprint density at radius 3 is 2.25 bits per heavy atom. The fourth-order valence-corrected chi connectivity index (χ4v) is 1.07. The fraction of sp³-hybridized carbons (Fsp3) is 1.00. The van der Waals surface area contributed by atoms with Crippen molar-refractivity contribution in [3.8, 4) is 0 Å². The molecule has 4 nitrogen and oxygen atoms in total. The molecule has 0 unspecified atom stereocenters. The summed E-state index contributed by atoms with van der Waals surface area (Å²) in [6.07, 6.45) is 0. The molecule has 0 aliphatic rings. The number of hydrogen-bond donors (Lipinski definition) is 1. The van der Waals surface area contributed by atoms with Crippen molar-refractivity contribution < 1.29 is 17.2 Å². The van der Waals surface area contributed by atoms with Crippen LogP contribution in [0.2, 0.25) is 3.67 Å². The Kier molecular flexibility index (Phi) is 4.23. The quantitative estimate of drug-likeness (QED) is 0.428. The van der Waals surface area contributed by atoms with E-state index in [1.807, 2.05) is 0 Å². The third-order valence-electron chi connectivity index (χ3n) is 0.436. The summed E-state index contributed by atoms with van der Waals surface area (Å²) in [6, 6.07) is 0. The van der Waals surface area contributed by atoms with Crippen LogP contribution in [-0.4, -0.2) is 47.5 Å². The van der Waals surface area contributed by atoms with Gasteiger partial charge in [0.05, 0.1) is 0 Å². The number of hydrogen-bond acceptors (Lipinski definition) is 3. The molecule has 0 amide bonds. The molecule has 44 valence electrons. The summed E-state index contributed by atoms with van der Waals surface area (Å²) in [5.74, 6) is 0. The van der Waals surface area contributed by atoms with Crippen LogP contribution in [0.25, 0.3) is 0 Å². The molecule has 0 saturated carbocycles. The Morgan fingerprint density at radius 2 is 2.12 bits per heavy atom. The molecule has 0 aromatic heterocycles. The van der Waals surface area contributed by atoms with Gasteiger partial charge >= 0.3 is 65.8 Å². The Hall–Kier alpha value is 0.870. The summed E-state index contributed by atoms with van der Waals surface area (Å²) in [6.45, 7) is 0.102. The molecule has 0 spiro atoms. The topological polar surface area (TPSA) is 63.6 Å². The van der Waals surface area contributed by atoms with Gasteiger partial charge in [0.25, 0.3) is 0 Å². The summed E-state index contributed by atoms with van der Waals surface area (Å²) in [4.78, 5) is 0. The molecule has 0 aromatic carbocycles. The average Bonchev–Trinajstić information content (AvgIpc) is 1.59. The summed E-state index contributed by atoms with van der Waals surface area (Å²) in [5.41, 5.74) is 0. The molecule has 0 aliphatic carbocycles. The van der Waals surface area contributed by atoms with Crippen LogP contribution in [0.4, 0.5) is 0 Å². The third kappa shape index (κ3) is 6.87. The summed E-state index contributed by atoms with van der Waals surface area (Å²) in [5, 5.41) is 0. The third-order valence-corrected chi connectivity index (χ3v) is 1.31. The van der Waals surface area contributed by atoms with E-state index in [1.54, 1.807) is 0 Å². The van der Waals surface area contributed by atoms with Crippen molar-refractivity contribution >= 4 is 38.3 Å².